The van der Waals surface area contributed by atoms with Gasteiger partial charge in [0, 0.05) is 0 Å². The van der Waals surface area contributed by atoms with Crippen LogP contribution in [-0.4, -0.2) is 0 Å². The molecular weight excluding hydrogens is 120 g/mol. The maximum atomic E-state index is 2.50. The zero-order valence-corrected chi connectivity index (χ0v) is 7.35. The lowest BCUT2D eigenvalue weighted by Gasteiger charge is -2.64. The van der Waals surface area contributed by atoms with Gasteiger partial charge < -0.3 is 0 Å². The highest BCUT2D eigenvalue weighted by Gasteiger charge is 2.57. The summed E-state index contributed by atoms with van der Waals surface area (Å²) in [6.07, 6.45) is 4.58. The van der Waals surface area contributed by atoms with Gasteiger partial charge in [0.1, 0.15) is 0 Å². The molecule has 2 aliphatic carbocycles. The van der Waals surface area contributed by atoms with E-state index < -0.39 is 0 Å². The molecule has 2 aliphatic rings. The van der Waals surface area contributed by atoms with Gasteiger partial charge in [0.15, 0.2) is 0 Å². The van der Waals surface area contributed by atoms with E-state index in [4.69, 9.17) is 0 Å². The first kappa shape index (κ1) is 6.69. The standard InChI is InChI=1S/C10H18/c1-7(2)9-6-8-4-5-10(8,9)3/h7-9H,4-6H2,1-3H3. The Balaban J connectivity index is 2.03. The van der Waals surface area contributed by atoms with Gasteiger partial charge in [-0.1, -0.05) is 20.8 Å². The molecule has 10 heavy (non-hydrogen) atoms. The minimum atomic E-state index is 0.800. The molecule has 2 fully saturated rings. The predicted molar refractivity (Wildman–Crippen MR) is 43.8 cm³/mol. The van der Waals surface area contributed by atoms with Crippen molar-refractivity contribution in [1.82, 2.24) is 0 Å². The van der Waals surface area contributed by atoms with E-state index in [9.17, 15) is 0 Å². The molecule has 3 atom stereocenters. The first-order chi connectivity index (χ1) is 4.64. The highest BCUT2D eigenvalue weighted by atomic mass is 14.6. The Bertz CT molecular complexity index is 148. The fourth-order valence-electron chi connectivity index (χ4n) is 3.13. The molecule has 0 aromatic rings. The van der Waals surface area contributed by atoms with Gasteiger partial charge in [-0.3, -0.25) is 0 Å². The first-order valence-electron chi connectivity index (χ1n) is 4.64. The van der Waals surface area contributed by atoms with Gasteiger partial charge in [-0.05, 0) is 42.4 Å². The summed E-state index contributed by atoms with van der Waals surface area (Å²) < 4.78 is 0. The minimum Gasteiger partial charge on any atom is -0.0625 e. The predicted octanol–water partition coefficient (Wildman–Crippen LogP) is 3.08. The second-order valence-electron chi connectivity index (χ2n) is 4.83. The molecule has 0 saturated heterocycles. The lowest BCUT2D eigenvalue weighted by atomic mass is 9.41. The molecule has 2 rings (SSSR count). The van der Waals surface area contributed by atoms with Crippen molar-refractivity contribution in [2.24, 2.45) is 23.2 Å². The lowest BCUT2D eigenvalue weighted by Crippen LogP contribution is -2.56. The van der Waals surface area contributed by atoms with Gasteiger partial charge in [0.2, 0.25) is 0 Å². The summed E-state index contributed by atoms with van der Waals surface area (Å²) >= 11 is 0. The summed E-state index contributed by atoms with van der Waals surface area (Å²) in [5.41, 5.74) is 0.800. The van der Waals surface area contributed by atoms with E-state index >= 15 is 0 Å². The molecule has 58 valence electrons. The topological polar surface area (TPSA) is 0 Å². The smallest absolute Gasteiger partial charge is 0.0266 e. The summed E-state index contributed by atoms with van der Waals surface area (Å²) in [6, 6.07) is 0. The largest absolute Gasteiger partial charge is 0.0625 e. The van der Waals surface area contributed by atoms with E-state index in [1.807, 2.05) is 0 Å². The van der Waals surface area contributed by atoms with Crippen LogP contribution in [0.3, 0.4) is 0 Å². The molecule has 0 bridgehead atoms. The monoisotopic (exact) mass is 138 g/mol. The van der Waals surface area contributed by atoms with Crippen LogP contribution < -0.4 is 0 Å². The van der Waals surface area contributed by atoms with Gasteiger partial charge >= 0.3 is 0 Å². The zero-order valence-electron chi connectivity index (χ0n) is 7.35. The van der Waals surface area contributed by atoms with Gasteiger partial charge in [0.05, 0.1) is 0 Å². The maximum absolute atomic E-state index is 2.50. The van der Waals surface area contributed by atoms with Crippen molar-refractivity contribution in [3.05, 3.63) is 0 Å². The first-order valence-corrected chi connectivity index (χ1v) is 4.64. The van der Waals surface area contributed by atoms with Gasteiger partial charge in [0.25, 0.3) is 0 Å². The molecule has 2 saturated carbocycles. The highest BCUT2D eigenvalue weighted by molar-refractivity contribution is 5.06. The second kappa shape index (κ2) is 1.78. The van der Waals surface area contributed by atoms with Crippen LogP contribution in [0.25, 0.3) is 0 Å². The molecule has 0 radical (unpaired) electrons. The van der Waals surface area contributed by atoms with Gasteiger partial charge in [-0.2, -0.15) is 0 Å². The second-order valence-corrected chi connectivity index (χ2v) is 4.83. The number of rotatable bonds is 1. The Labute approximate surface area is 64.0 Å². The van der Waals surface area contributed by atoms with E-state index in [-0.39, 0.29) is 0 Å². The van der Waals surface area contributed by atoms with E-state index in [0.717, 1.165) is 23.2 Å². The molecular formula is C10H18. The van der Waals surface area contributed by atoms with E-state index in [0.29, 0.717) is 0 Å². The molecule has 0 aromatic carbocycles. The fourth-order valence-corrected chi connectivity index (χ4v) is 3.13. The van der Waals surface area contributed by atoms with Crippen molar-refractivity contribution >= 4 is 0 Å². The van der Waals surface area contributed by atoms with Crippen LogP contribution in [-0.2, 0) is 0 Å². The summed E-state index contributed by atoms with van der Waals surface area (Å²) in [5.74, 6) is 3.12. The minimum absolute atomic E-state index is 0.800. The lowest BCUT2D eigenvalue weighted by molar-refractivity contribution is -0.146. The van der Waals surface area contributed by atoms with Gasteiger partial charge in [-0.15, -0.1) is 0 Å². The molecule has 0 amide bonds. The Kier molecular flexibility index (Phi) is 1.19. The van der Waals surface area contributed by atoms with Crippen LogP contribution in [0.4, 0.5) is 0 Å². The Morgan fingerprint density at radius 3 is 2.20 bits per heavy atom. The van der Waals surface area contributed by atoms with Crippen LogP contribution in [0, 0.1) is 23.2 Å². The highest BCUT2D eigenvalue weighted by Crippen LogP contribution is 2.66. The molecule has 0 aliphatic heterocycles. The third-order valence-corrected chi connectivity index (χ3v) is 4.15. The number of hydrogen-bond acceptors (Lipinski definition) is 0. The average Bonchev–Trinajstić information content (AvgIpc) is 1.86. The van der Waals surface area contributed by atoms with E-state index in [2.05, 4.69) is 20.8 Å². The zero-order chi connectivity index (χ0) is 7.35. The van der Waals surface area contributed by atoms with Crippen LogP contribution in [0.2, 0.25) is 0 Å². The molecule has 0 spiro atoms. The molecule has 0 heterocycles. The summed E-state index contributed by atoms with van der Waals surface area (Å²) in [7, 11) is 0. The van der Waals surface area contributed by atoms with Crippen LogP contribution in [0.5, 0.6) is 0 Å². The molecule has 3 unspecified atom stereocenters. The van der Waals surface area contributed by atoms with E-state index in [1.54, 1.807) is 0 Å². The summed E-state index contributed by atoms with van der Waals surface area (Å²) in [5, 5.41) is 0. The van der Waals surface area contributed by atoms with Crippen molar-refractivity contribution in [1.29, 1.82) is 0 Å². The third-order valence-electron chi connectivity index (χ3n) is 4.15. The number of fused-ring (bicyclic) bond motifs is 1. The number of hydrogen-bond donors (Lipinski definition) is 0. The van der Waals surface area contributed by atoms with Crippen LogP contribution in [0.1, 0.15) is 40.0 Å². The van der Waals surface area contributed by atoms with Crippen LogP contribution >= 0.6 is 0 Å². The normalized spacial score (nSPS) is 51.6. The fraction of sp³-hybridized carbons (Fsp3) is 1.00. The molecule has 0 nitrogen and oxygen atoms in total. The molecule has 0 aromatic heterocycles. The molecule has 0 N–H and O–H groups in total. The Morgan fingerprint density at radius 2 is 2.10 bits per heavy atom. The average molecular weight is 138 g/mol. The van der Waals surface area contributed by atoms with Gasteiger partial charge in [-0.25, -0.2) is 0 Å². The van der Waals surface area contributed by atoms with Crippen molar-refractivity contribution in [3.63, 3.8) is 0 Å². The summed E-state index contributed by atoms with van der Waals surface area (Å²) in [6.45, 7) is 7.25. The Hall–Kier alpha value is 0. The molecule has 0 heteroatoms. The quantitative estimate of drug-likeness (QED) is 0.522. The maximum Gasteiger partial charge on any atom is -0.0266 e. The van der Waals surface area contributed by atoms with Crippen molar-refractivity contribution in [3.8, 4) is 0 Å². The third kappa shape index (κ3) is 0.580. The van der Waals surface area contributed by atoms with Crippen molar-refractivity contribution in [2.45, 2.75) is 40.0 Å². The van der Waals surface area contributed by atoms with Crippen molar-refractivity contribution < 1.29 is 0 Å². The van der Waals surface area contributed by atoms with Crippen LogP contribution in [0.15, 0.2) is 0 Å². The SMILES string of the molecule is CC(C)C1CC2CCC21C. The summed E-state index contributed by atoms with van der Waals surface area (Å²) in [4.78, 5) is 0. The Morgan fingerprint density at radius 1 is 1.40 bits per heavy atom. The van der Waals surface area contributed by atoms with Crippen molar-refractivity contribution in [2.75, 3.05) is 0 Å². The van der Waals surface area contributed by atoms with E-state index in [1.165, 1.54) is 19.3 Å².